The summed E-state index contributed by atoms with van der Waals surface area (Å²) in [6.45, 7) is 0. The van der Waals surface area contributed by atoms with Gasteiger partial charge >= 0.3 is 11.9 Å². The van der Waals surface area contributed by atoms with Gasteiger partial charge in [0.05, 0.1) is 11.8 Å². The van der Waals surface area contributed by atoms with Gasteiger partial charge in [-0.05, 0) is 0 Å². The van der Waals surface area contributed by atoms with Crippen molar-refractivity contribution in [1.82, 2.24) is 0 Å². The highest BCUT2D eigenvalue weighted by Crippen LogP contribution is 2.45. The van der Waals surface area contributed by atoms with Gasteiger partial charge in [-0.15, -0.1) is 0 Å². The van der Waals surface area contributed by atoms with Crippen molar-refractivity contribution in [1.29, 1.82) is 0 Å². The number of Topliss-reactive ketones (excluding diaryl/α,β-unsaturated/α-hetero) is 2. The average molecular weight is 226 g/mol. The fraction of sp³-hybridized carbons (Fsp3) is 0.600. The second-order valence-electron chi connectivity index (χ2n) is 4.28. The number of carbonyl (C=O) groups excluding carboxylic acids is 2. The van der Waals surface area contributed by atoms with Crippen LogP contribution in [0.15, 0.2) is 0 Å². The van der Waals surface area contributed by atoms with Crippen LogP contribution in [0.3, 0.4) is 0 Å². The maximum atomic E-state index is 11.5. The molecule has 2 bridgehead atoms. The minimum atomic E-state index is -1.30. The molecule has 0 unspecified atom stereocenters. The summed E-state index contributed by atoms with van der Waals surface area (Å²) in [5, 5.41) is 17.9. The summed E-state index contributed by atoms with van der Waals surface area (Å²) in [5.74, 6) is -7.59. The summed E-state index contributed by atoms with van der Waals surface area (Å²) in [4.78, 5) is 44.9. The molecule has 0 heterocycles. The third-order valence-electron chi connectivity index (χ3n) is 3.49. The summed E-state index contributed by atoms with van der Waals surface area (Å²) in [6.07, 6.45) is -0.242. The predicted octanol–water partition coefficient (Wildman–Crippen LogP) is -0.434. The second kappa shape index (κ2) is 3.40. The van der Waals surface area contributed by atoms with Gasteiger partial charge in [0.1, 0.15) is 11.6 Å². The molecule has 16 heavy (non-hydrogen) atoms. The first-order valence-electron chi connectivity index (χ1n) is 4.94. The van der Waals surface area contributed by atoms with Gasteiger partial charge in [0.15, 0.2) is 0 Å². The molecule has 3 saturated carbocycles. The zero-order chi connectivity index (χ0) is 12.0. The van der Waals surface area contributed by atoms with E-state index in [4.69, 9.17) is 10.2 Å². The number of ketones is 2. The smallest absolute Gasteiger partial charge is 0.308 e. The molecule has 0 spiro atoms. The number of rotatable bonds is 2. The molecule has 0 aromatic heterocycles. The van der Waals surface area contributed by atoms with Gasteiger partial charge in [0.2, 0.25) is 0 Å². The first kappa shape index (κ1) is 10.8. The van der Waals surface area contributed by atoms with Gasteiger partial charge in [-0.1, -0.05) is 0 Å². The molecular formula is C10H10O6. The minimum Gasteiger partial charge on any atom is -0.481 e. The van der Waals surface area contributed by atoms with Crippen LogP contribution < -0.4 is 0 Å². The van der Waals surface area contributed by atoms with Crippen molar-refractivity contribution in [3.8, 4) is 0 Å². The molecule has 0 aromatic carbocycles. The van der Waals surface area contributed by atoms with Gasteiger partial charge in [0, 0.05) is 24.7 Å². The van der Waals surface area contributed by atoms with Crippen LogP contribution in [-0.4, -0.2) is 33.7 Å². The van der Waals surface area contributed by atoms with Gasteiger partial charge in [-0.3, -0.25) is 19.2 Å². The lowest BCUT2D eigenvalue weighted by Crippen LogP contribution is -2.55. The standard InChI is InChI=1S/C10H10O6/c11-5-1-3-6(12)2-4(5)8(10(15)16)7(3)9(13)14/h3-4,7-8H,1-2H2,(H,13,14)(H,15,16)/t3-,4+,7-,8-/m0/s1. The molecule has 3 aliphatic rings. The van der Waals surface area contributed by atoms with E-state index < -0.39 is 35.6 Å². The van der Waals surface area contributed by atoms with E-state index in [0.717, 1.165) is 0 Å². The first-order valence-corrected chi connectivity index (χ1v) is 4.94. The summed E-state index contributed by atoms with van der Waals surface area (Å²) in [6, 6.07) is 0. The van der Waals surface area contributed by atoms with Crippen molar-refractivity contribution in [3.05, 3.63) is 0 Å². The van der Waals surface area contributed by atoms with E-state index in [1.165, 1.54) is 0 Å². The lowest BCUT2D eigenvalue weighted by Gasteiger charge is -2.42. The normalized spacial score (nSPS) is 37.5. The number of fused-ring (bicyclic) bond motifs is 3. The van der Waals surface area contributed by atoms with Crippen LogP contribution in [0.2, 0.25) is 0 Å². The summed E-state index contributed by atoms with van der Waals surface area (Å²) >= 11 is 0. The van der Waals surface area contributed by atoms with Crippen LogP contribution >= 0.6 is 0 Å². The minimum absolute atomic E-state index is 0.121. The van der Waals surface area contributed by atoms with Gasteiger partial charge < -0.3 is 10.2 Å². The highest BCUT2D eigenvalue weighted by molar-refractivity contribution is 6.04. The fourth-order valence-electron chi connectivity index (χ4n) is 2.77. The van der Waals surface area contributed by atoms with E-state index in [1.807, 2.05) is 0 Å². The molecule has 3 fully saturated rings. The van der Waals surface area contributed by atoms with Crippen LogP contribution in [-0.2, 0) is 19.2 Å². The highest BCUT2D eigenvalue weighted by Gasteiger charge is 2.57. The van der Waals surface area contributed by atoms with Crippen molar-refractivity contribution in [2.75, 3.05) is 0 Å². The summed E-state index contributed by atoms with van der Waals surface area (Å²) < 4.78 is 0. The highest BCUT2D eigenvalue weighted by atomic mass is 16.4. The number of carboxylic acid groups (broad SMARTS) is 2. The molecule has 6 nitrogen and oxygen atoms in total. The number of carboxylic acids is 2. The Morgan fingerprint density at radius 1 is 0.875 bits per heavy atom. The number of hydrogen-bond donors (Lipinski definition) is 2. The number of aliphatic carboxylic acids is 2. The molecule has 0 aliphatic heterocycles. The van der Waals surface area contributed by atoms with Crippen molar-refractivity contribution in [3.63, 3.8) is 0 Å². The van der Waals surface area contributed by atoms with E-state index in [-0.39, 0.29) is 24.4 Å². The Morgan fingerprint density at radius 2 is 1.19 bits per heavy atom. The third kappa shape index (κ3) is 1.33. The predicted molar refractivity (Wildman–Crippen MR) is 48.5 cm³/mol. The number of carbonyl (C=O) groups is 4. The van der Waals surface area contributed by atoms with Crippen LogP contribution in [0.1, 0.15) is 12.8 Å². The van der Waals surface area contributed by atoms with Crippen molar-refractivity contribution < 1.29 is 29.4 Å². The lowest BCUT2D eigenvalue weighted by atomic mass is 9.57. The molecule has 3 rings (SSSR count). The molecule has 2 N–H and O–H groups in total. The zero-order valence-electron chi connectivity index (χ0n) is 8.25. The lowest BCUT2D eigenvalue weighted by molar-refractivity contribution is -0.172. The fourth-order valence-corrected chi connectivity index (χ4v) is 2.77. The topological polar surface area (TPSA) is 109 Å². The Balaban J connectivity index is 2.43. The van der Waals surface area contributed by atoms with E-state index in [2.05, 4.69) is 0 Å². The Kier molecular flexibility index (Phi) is 2.29. The van der Waals surface area contributed by atoms with Crippen LogP contribution in [0.25, 0.3) is 0 Å². The average Bonchev–Trinajstić information content (AvgIpc) is 2.17. The maximum Gasteiger partial charge on any atom is 0.308 e. The Labute approximate surface area is 90.2 Å². The zero-order valence-corrected chi connectivity index (χ0v) is 8.25. The molecule has 0 saturated heterocycles. The van der Waals surface area contributed by atoms with Crippen molar-refractivity contribution in [2.45, 2.75) is 12.8 Å². The molecule has 6 heteroatoms. The van der Waals surface area contributed by atoms with E-state index in [1.54, 1.807) is 0 Å². The van der Waals surface area contributed by atoms with E-state index in [9.17, 15) is 19.2 Å². The summed E-state index contributed by atoms with van der Waals surface area (Å²) in [5.41, 5.74) is 0. The monoisotopic (exact) mass is 226 g/mol. The Hall–Kier alpha value is -1.72. The quantitative estimate of drug-likeness (QED) is 0.661. The SMILES string of the molecule is O=C(O)[C@@H]1[C@@H](C(=O)O)[C@H]2CC(=O)[C@H]1CC2=O. The molecule has 0 amide bonds. The van der Waals surface area contributed by atoms with Gasteiger partial charge in [-0.25, -0.2) is 0 Å². The maximum absolute atomic E-state index is 11.5. The first-order chi connectivity index (χ1) is 7.43. The van der Waals surface area contributed by atoms with Gasteiger partial charge in [0.25, 0.3) is 0 Å². The van der Waals surface area contributed by atoms with Crippen molar-refractivity contribution >= 4 is 23.5 Å². The van der Waals surface area contributed by atoms with Crippen LogP contribution in [0.5, 0.6) is 0 Å². The largest absolute Gasteiger partial charge is 0.481 e. The number of hydrogen-bond acceptors (Lipinski definition) is 4. The molecule has 0 aromatic rings. The third-order valence-corrected chi connectivity index (χ3v) is 3.49. The van der Waals surface area contributed by atoms with Crippen LogP contribution in [0, 0.1) is 23.7 Å². The van der Waals surface area contributed by atoms with Crippen molar-refractivity contribution in [2.24, 2.45) is 23.7 Å². The molecule has 4 atom stereocenters. The van der Waals surface area contributed by atoms with E-state index in [0.29, 0.717) is 0 Å². The second-order valence-corrected chi connectivity index (χ2v) is 4.28. The Morgan fingerprint density at radius 3 is 1.44 bits per heavy atom. The molecule has 3 aliphatic carbocycles. The van der Waals surface area contributed by atoms with Gasteiger partial charge in [-0.2, -0.15) is 0 Å². The molecule has 86 valence electrons. The molecular weight excluding hydrogens is 216 g/mol. The summed E-state index contributed by atoms with van der Waals surface area (Å²) in [7, 11) is 0. The van der Waals surface area contributed by atoms with E-state index >= 15 is 0 Å². The Bertz CT molecular complexity index is 360. The molecule has 0 radical (unpaired) electrons. The van der Waals surface area contributed by atoms with Crippen LogP contribution in [0.4, 0.5) is 0 Å².